The third-order valence-corrected chi connectivity index (χ3v) is 3.93. The predicted molar refractivity (Wildman–Crippen MR) is 67.1 cm³/mol. The number of nitrogens with one attached hydrogen (secondary N) is 2. The number of hydrogen-bond acceptors (Lipinski definition) is 5. The highest BCUT2D eigenvalue weighted by molar-refractivity contribution is 7.90. The number of nitrogens with zero attached hydrogens (tertiary/aromatic N) is 1. The van der Waals surface area contributed by atoms with Crippen LogP contribution in [-0.4, -0.2) is 37.8 Å². The van der Waals surface area contributed by atoms with Crippen molar-refractivity contribution in [3.63, 3.8) is 0 Å². The van der Waals surface area contributed by atoms with Gasteiger partial charge in [0.15, 0.2) is 0 Å². The van der Waals surface area contributed by atoms with E-state index in [1.807, 2.05) is 5.32 Å². The topological polar surface area (TPSA) is 113 Å². The summed E-state index contributed by atoms with van der Waals surface area (Å²) >= 11 is 0. The maximum Gasteiger partial charge on any atom is 0.339 e. The number of sulfonamides is 1. The fourth-order valence-electron chi connectivity index (χ4n) is 1.55. The van der Waals surface area contributed by atoms with Crippen LogP contribution in [0.5, 0.6) is 0 Å². The molecule has 0 saturated carbocycles. The van der Waals surface area contributed by atoms with E-state index in [0.717, 1.165) is 5.56 Å². The summed E-state index contributed by atoms with van der Waals surface area (Å²) in [4.78, 5) is 34.2. The Balaban J connectivity index is 2.16. The summed E-state index contributed by atoms with van der Waals surface area (Å²) < 4.78 is 25.6. The van der Waals surface area contributed by atoms with E-state index in [4.69, 9.17) is 0 Å². The molecule has 0 aromatic heterocycles. The van der Waals surface area contributed by atoms with Gasteiger partial charge in [0.1, 0.15) is 6.54 Å². The zero-order valence-electron chi connectivity index (χ0n) is 10.4. The van der Waals surface area contributed by atoms with Crippen molar-refractivity contribution < 1.29 is 22.8 Å². The number of amides is 5. The maximum atomic E-state index is 11.9. The molecule has 106 valence electrons. The minimum atomic E-state index is -4.09. The molecule has 0 unspecified atom stereocenters. The van der Waals surface area contributed by atoms with Crippen molar-refractivity contribution in [1.29, 1.82) is 0 Å². The Kier molecular flexibility index (Phi) is 3.45. The smallest absolute Gasteiger partial charge is 0.276 e. The van der Waals surface area contributed by atoms with E-state index < -0.39 is 34.5 Å². The standard InChI is InChI=1S/C11H11N3O5S/c1-7-2-4-8(5-3-7)20(18,19)13-11(17)14-6-9(15)12-10(14)16/h2-5H,6H2,1H3,(H,13,17)(H,12,15,16). The summed E-state index contributed by atoms with van der Waals surface area (Å²) in [7, 11) is -4.09. The lowest BCUT2D eigenvalue weighted by Gasteiger charge is -2.13. The molecule has 0 aliphatic carbocycles. The third-order valence-electron chi connectivity index (χ3n) is 2.59. The van der Waals surface area contributed by atoms with Crippen LogP contribution in [0.3, 0.4) is 0 Å². The van der Waals surface area contributed by atoms with Crippen molar-refractivity contribution in [2.75, 3.05) is 6.54 Å². The van der Waals surface area contributed by atoms with Gasteiger partial charge < -0.3 is 0 Å². The van der Waals surface area contributed by atoms with Crippen LogP contribution in [0.25, 0.3) is 0 Å². The van der Waals surface area contributed by atoms with E-state index in [2.05, 4.69) is 0 Å². The average molecular weight is 297 g/mol. The van der Waals surface area contributed by atoms with Gasteiger partial charge in [-0.05, 0) is 19.1 Å². The van der Waals surface area contributed by atoms with Gasteiger partial charge in [-0.1, -0.05) is 17.7 Å². The van der Waals surface area contributed by atoms with Crippen LogP contribution in [-0.2, 0) is 14.8 Å². The molecule has 1 fully saturated rings. The van der Waals surface area contributed by atoms with Crippen LogP contribution in [0.1, 0.15) is 5.56 Å². The van der Waals surface area contributed by atoms with Crippen molar-refractivity contribution in [2.45, 2.75) is 11.8 Å². The van der Waals surface area contributed by atoms with Gasteiger partial charge in [-0.25, -0.2) is 27.6 Å². The van der Waals surface area contributed by atoms with E-state index >= 15 is 0 Å². The highest BCUT2D eigenvalue weighted by Crippen LogP contribution is 2.10. The molecule has 1 aromatic carbocycles. The first-order chi connectivity index (χ1) is 9.29. The van der Waals surface area contributed by atoms with Gasteiger partial charge in [0.2, 0.25) is 5.91 Å². The molecule has 20 heavy (non-hydrogen) atoms. The van der Waals surface area contributed by atoms with E-state index in [1.165, 1.54) is 12.1 Å². The lowest BCUT2D eigenvalue weighted by molar-refractivity contribution is -0.118. The van der Waals surface area contributed by atoms with Crippen molar-refractivity contribution in [1.82, 2.24) is 14.9 Å². The van der Waals surface area contributed by atoms with Crippen molar-refractivity contribution in [3.05, 3.63) is 29.8 Å². The van der Waals surface area contributed by atoms with Crippen LogP contribution < -0.4 is 10.0 Å². The van der Waals surface area contributed by atoms with Crippen LogP contribution >= 0.6 is 0 Å². The lowest BCUT2D eigenvalue weighted by atomic mass is 10.2. The zero-order valence-corrected chi connectivity index (χ0v) is 11.2. The molecule has 1 aliphatic heterocycles. The molecule has 2 rings (SSSR count). The summed E-state index contributed by atoms with van der Waals surface area (Å²) in [5, 5.41) is 1.87. The molecule has 0 bridgehead atoms. The molecule has 2 N–H and O–H groups in total. The van der Waals surface area contributed by atoms with Gasteiger partial charge in [-0.15, -0.1) is 0 Å². The zero-order chi connectivity index (χ0) is 14.9. The number of urea groups is 2. The quantitative estimate of drug-likeness (QED) is 0.743. The second-order valence-electron chi connectivity index (χ2n) is 4.16. The van der Waals surface area contributed by atoms with E-state index in [0.29, 0.717) is 4.90 Å². The van der Waals surface area contributed by atoms with E-state index in [1.54, 1.807) is 23.8 Å². The SMILES string of the molecule is Cc1ccc(S(=O)(=O)NC(=O)N2CC(=O)NC2=O)cc1. The minimum Gasteiger partial charge on any atom is -0.276 e. The summed E-state index contributed by atoms with van der Waals surface area (Å²) in [6.07, 6.45) is 0. The molecular weight excluding hydrogens is 286 g/mol. The van der Waals surface area contributed by atoms with Gasteiger partial charge in [-0.3, -0.25) is 10.1 Å². The summed E-state index contributed by atoms with van der Waals surface area (Å²) in [6.45, 7) is 1.28. The highest BCUT2D eigenvalue weighted by atomic mass is 32.2. The van der Waals surface area contributed by atoms with Crippen LogP contribution in [0, 0.1) is 6.92 Å². The van der Waals surface area contributed by atoms with Crippen molar-refractivity contribution in [2.24, 2.45) is 0 Å². The molecule has 1 heterocycles. The summed E-state index contributed by atoms with van der Waals surface area (Å²) in [5.74, 6) is -0.669. The average Bonchev–Trinajstić information content (AvgIpc) is 2.68. The van der Waals surface area contributed by atoms with E-state index in [-0.39, 0.29) is 4.90 Å². The Morgan fingerprint density at radius 1 is 1.25 bits per heavy atom. The molecule has 8 nitrogen and oxygen atoms in total. The van der Waals surface area contributed by atoms with Crippen LogP contribution in [0.4, 0.5) is 9.59 Å². The monoisotopic (exact) mass is 297 g/mol. The molecule has 0 atom stereocenters. The van der Waals surface area contributed by atoms with Gasteiger partial charge in [0, 0.05) is 0 Å². The van der Waals surface area contributed by atoms with Crippen molar-refractivity contribution >= 4 is 28.0 Å². The Morgan fingerprint density at radius 3 is 2.35 bits per heavy atom. The van der Waals surface area contributed by atoms with Gasteiger partial charge in [-0.2, -0.15) is 0 Å². The molecule has 9 heteroatoms. The number of imide groups is 2. The summed E-state index contributed by atoms with van der Waals surface area (Å²) in [5.41, 5.74) is 0.861. The van der Waals surface area contributed by atoms with Gasteiger partial charge in [0.25, 0.3) is 10.0 Å². The molecule has 1 aromatic rings. The molecule has 0 spiro atoms. The maximum absolute atomic E-state index is 11.9. The minimum absolute atomic E-state index is 0.109. The first-order valence-corrected chi connectivity index (χ1v) is 7.03. The first-order valence-electron chi connectivity index (χ1n) is 5.54. The van der Waals surface area contributed by atoms with E-state index in [9.17, 15) is 22.8 Å². The van der Waals surface area contributed by atoms with Crippen LogP contribution in [0.2, 0.25) is 0 Å². The Morgan fingerprint density at radius 2 is 1.85 bits per heavy atom. The first kappa shape index (κ1) is 14.0. The molecule has 1 aliphatic rings. The molecule has 5 amide bonds. The fourth-order valence-corrected chi connectivity index (χ4v) is 2.50. The number of aryl methyl sites for hydroxylation is 1. The fraction of sp³-hybridized carbons (Fsp3) is 0.182. The highest BCUT2D eigenvalue weighted by Gasteiger charge is 2.34. The third kappa shape index (κ3) is 2.77. The van der Waals surface area contributed by atoms with Crippen LogP contribution in [0.15, 0.2) is 29.2 Å². The number of rotatable bonds is 2. The Bertz CT molecular complexity index is 681. The largest absolute Gasteiger partial charge is 0.339 e. The number of hydrogen-bond donors (Lipinski definition) is 2. The Hall–Kier alpha value is -2.42. The van der Waals surface area contributed by atoms with Crippen molar-refractivity contribution in [3.8, 4) is 0 Å². The van der Waals surface area contributed by atoms with Gasteiger partial charge >= 0.3 is 12.1 Å². The number of carbonyl (C=O) groups is 3. The second kappa shape index (κ2) is 4.93. The second-order valence-corrected chi connectivity index (χ2v) is 5.85. The van der Waals surface area contributed by atoms with Gasteiger partial charge in [0.05, 0.1) is 4.90 Å². The number of carbonyl (C=O) groups excluding carboxylic acids is 3. The number of benzene rings is 1. The molecular formula is C11H11N3O5S. The predicted octanol–water partition coefficient (Wildman–Crippen LogP) is -0.0549. The Labute approximate surface area is 114 Å². The lowest BCUT2D eigenvalue weighted by Crippen LogP contribution is -2.44. The summed E-state index contributed by atoms with van der Waals surface area (Å²) in [6, 6.07) is 3.69. The molecule has 1 saturated heterocycles. The normalized spacial score (nSPS) is 15.2. The molecule has 0 radical (unpaired) electrons.